The van der Waals surface area contributed by atoms with E-state index in [-0.39, 0.29) is 35.7 Å². The van der Waals surface area contributed by atoms with E-state index < -0.39 is 0 Å². The number of ether oxygens (including phenoxy) is 5. The first-order valence-electron chi connectivity index (χ1n) is 22.4. The van der Waals surface area contributed by atoms with Gasteiger partial charge in [-0.05, 0) is 85.0 Å². The first-order chi connectivity index (χ1) is 30.9. The highest BCUT2D eigenvalue weighted by molar-refractivity contribution is 6.43. The van der Waals surface area contributed by atoms with Crippen LogP contribution in [0.2, 0.25) is 0 Å². The maximum Gasteiger partial charge on any atom is 0.261 e. The summed E-state index contributed by atoms with van der Waals surface area (Å²) in [4.78, 5) is 62.2. The molecule has 7 aromatic rings. The molecule has 11 nitrogen and oxygen atoms in total. The third-order valence-corrected chi connectivity index (χ3v) is 13.8. The van der Waals surface area contributed by atoms with E-state index in [0.29, 0.717) is 126 Å². The average Bonchev–Trinajstić information content (AvgIpc) is 3.30. The summed E-state index contributed by atoms with van der Waals surface area (Å²) in [6.07, 6.45) is 8.99. The van der Waals surface area contributed by atoms with Crippen LogP contribution in [0, 0.1) is 0 Å². The molecule has 316 valence electrons. The van der Waals surface area contributed by atoms with E-state index in [2.05, 4.69) is 0 Å². The minimum absolute atomic E-state index is 0.202. The number of benzene rings is 7. The third kappa shape index (κ3) is 6.03. The Bertz CT molecular complexity index is 2870. The zero-order chi connectivity index (χ0) is 42.3. The van der Waals surface area contributed by atoms with Crippen LogP contribution in [0.25, 0.3) is 43.1 Å². The summed E-state index contributed by atoms with van der Waals surface area (Å²) in [5, 5.41) is 5.09. The standard InChI is InChI=1S/C52H44N2O9/c55-49-37-19-17-35-46-42-28-40-44-38(50(56)54(52(40)58)30-11-5-2-6-12-30)20-18-36(48(44)46)45-41(27-39(43(37)47(35)45)51(57)53(49)29-9-3-1-4-10-29)62-33-15-7-13-31(25-33)60-23-21-59-22-24-61-32-14-8-16-34(26-32)63-42/h7-8,13-20,25-30H,1-6,9-12,21-24H2. The predicted molar refractivity (Wildman–Crippen MR) is 237 cm³/mol. The Hall–Kier alpha value is -6.72. The van der Waals surface area contributed by atoms with Crippen LogP contribution >= 0.6 is 0 Å². The number of hydrogen-bond donors (Lipinski definition) is 0. The van der Waals surface area contributed by atoms with E-state index in [0.717, 1.165) is 64.2 Å². The number of carbonyl (C=O) groups excluding carboxylic acids is 4. The smallest absolute Gasteiger partial charge is 0.261 e. The lowest BCUT2D eigenvalue weighted by Crippen LogP contribution is -2.48. The summed E-state index contributed by atoms with van der Waals surface area (Å²) in [6.45, 7) is 1.27. The number of rotatable bonds is 2. The van der Waals surface area contributed by atoms with Gasteiger partial charge < -0.3 is 23.7 Å². The molecule has 11 heteroatoms. The minimum Gasteiger partial charge on any atom is -0.491 e. The van der Waals surface area contributed by atoms with Gasteiger partial charge in [-0.2, -0.15) is 0 Å². The van der Waals surface area contributed by atoms with Crippen molar-refractivity contribution in [2.45, 2.75) is 76.3 Å². The van der Waals surface area contributed by atoms with Crippen molar-refractivity contribution in [1.82, 2.24) is 9.80 Å². The number of nitrogens with zero attached hydrogens (tertiary/aromatic N) is 2. The van der Waals surface area contributed by atoms with Gasteiger partial charge in [-0.15, -0.1) is 0 Å². The second-order valence-corrected chi connectivity index (χ2v) is 17.4. The van der Waals surface area contributed by atoms with Crippen LogP contribution in [0.15, 0.2) is 84.9 Å². The molecular formula is C52H44N2O9. The molecule has 0 radical (unpaired) electrons. The fraction of sp³-hybridized carbons (Fsp3) is 0.308. The fourth-order valence-electron chi connectivity index (χ4n) is 11.0. The molecule has 0 spiro atoms. The highest BCUT2D eigenvalue weighted by Crippen LogP contribution is 2.53. The molecule has 13 rings (SSSR count). The molecule has 6 aliphatic rings. The zero-order valence-corrected chi connectivity index (χ0v) is 34.7. The van der Waals surface area contributed by atoms with Crippen LogP contribution in [0.3, 0.4) is 0 Å². The Balaban J connectivity index is 1.18. The van der Waals surface area contributed by atoms with Crippen LogP contribution in [0.4, 0.5) is 0 Å². The highest BCUT2D eigenvalue weighted by atomic mass is 16.5. The molecule has 2 saturated carbocycles. The van der Waals surface area contributed by atoms with E-state index in [1.807, 2.05) is 60.7 Å². The van der Waals surface area contributed by atoms with E-state index in [1.165, 1.54) is 9.80 Å². The van der Waals surface area contributed by atoms with Gasteiger partial charge in [0.15, 0.2) is 0 Å². The van der Waals surface area contributed by atoms with Gasteiger partial charge in [0.2, 0.25) is 0 Å². The Morgan fingerprint density at radius 3 is 1.25 bits per heavy atom. The number of fused-ring (bicyclic) bond motifs is 6. The minimum atomic E-state index is -0.348. The predicted octanol–water partition coefficient (Wildman–Crippen LogP) is 11.0. The van der Waals surface area contributed by atoms with Crippen molar-refractivity contribution in [2.24, 2.45) is 0 Å². The molecule has 7 aromatic carbocycles. The first kappa shape index (κ1) is 38.0. The normalized spacial score (nSPS) is 18.9. The topological polar surface area (TPSA) is 121 Å². The molecule has 0 N–H and O–H groups in total. The summed E-state index contributed by atoms with van der Waals surface area (Å²) >= 11 is 0. The lowest BCUT2D eigenvalue weighted by atomic mass is 9.80. The lowest BCUT2D eigenvalue weighted by Gasteiger charge is -2.37. The number of imide groups is 2. The van der Waals surface area contributed by atoms with Gasteiger partial charge in [0.25, 0.3) is 23.6 Å². The molecule has 4 amide bonds. The van der Waals surface area contributed by atoms with Gasteiger partial charge in [-0.3, -0.25) is 29.0 Å². The Kier molecular flexibility index (Phi) is 9.03. The van der Waals surface area contributed by atoms with Crippen LogP contribution in [0.1, 0.15) is 106 Å². The molecule has 0 atom stereocenters. The molecule has 10 bridgehead atoms. The van der Waals surface area contributed by atoms with E-state index in [1.54, 1.807) is 24.3 Å². The number of carbonyl (C=O) groups is 4. The molecule has 2 aliphatic carbocycles. The third-order valence-electron chi connectivity index (χ3n) is 13.8. The molecule has 0 saturated heterocycles. The van der Waals surface area contributed by atoms with Gasteiger partial charge in [-0.25, -0.2) is 0 Å². The largest absolute Gasteiger partial charge is 0.491 e. The molecule has 0 aromatic heterocycles. The molecule has 63 heavy (non-hydrogen) atoms. The number of amides is 4. The molecule has 4 heterocycles. The summed E-state index contributed by atoms with van der Waals surface area (Å²) in [6, 6.07) is 25.3. The van der Waals surface area contributed by atoms with Crippen molar-refractivity contribution in [3.8, 4) is 34.5 Å². The number of hydrogen-bond acceptors (Lipinski definition) is 9. The van der Waals surface area contributed by atoms with Crippen molar-refractivity contribution < 1.29 is 42.9 Å². The first-order valence-corrected chi connectivity index (χ1v) is 22.4. The Morgan fingerprint density at radius 2 is 0.810 bits per heavy atom. The lowest BCUT2D eigenvalue weighted by molar-refractivity contribution is 0.0487. The van der Waals surface area contributed by atoms with Crippen molar-refractivity contribution >= 4 is 66.7 Å². The molecular weight excluding hydrogens is 797 g/mol. The van der Waals surface area contributed by atoms with Crippen LogP contribution in [0.5, 0.6) is 34.5 Å². The van der Waals surface area contributed by atoms with Gasteiger partial charge in [0.05, 0.1) is 24.3 Å². The fourth-order valence-corrected chi connectivity index (χ4v) is 11.0. The second kappa shape index (κ2) is 15.0. The van der Waals surface area contributed by atoms with Crippen LogP contribution in [-0.2, 0) is 4.74 Å². The van der Waals surface area contributed by atoms with E-state index in [9.17, 15) is 19.2 Å². The van der Waals surface area contributed by atoms with Gasteiger partial charge in [0.1, 0.15) is 47.7 Å². The van der Waals surface area contributed by atoms with Crippen LogP contribution < -0.4 is 18.9 Å². The van der Waals surface area contributed by atoms with Gasteiger partial charge in [-0.1, -0.05) is 62.8 Å². The van der Waals surface area contributed by atoms with Crippen molar-refractivity contribution in [3.05, 3.63) is 107 Å². The maximum atomic E-state index is 14.9. The van der Waals surface area contributed by atoms with Gasteiger partial charge >= 0.3 is 0 Å². The Labute approximate surface area is 362 Å². The molecule has 4 aliphatic heterocycles. The highest BCUT2D eigenvalue weighted by Gasteiger charge is 2.42. The quantitative estimate of drug-likeness (QED) is 0.0725. The van der Waals surface area contributed by atoms with Crippen molar-refractivity contribution in [1.29, 1.82) is 0 Å². The summed E-state index contributed by atoms with van der Waals surface area (Å²) < 4.78 is 31.8. The SMILES string of the molecule is O=C1c2ccc3c4c5cc6c7c(ccc(c8c(cc(c2c38)C(=O)N1C1CCCCC1)Oc1cccc(c1)OCCOCCOc1cccc(c1)O5)c74)C(=O)N(C1CCCCC1)C6=O. The summed E-state index contributed by atoms with van der Waals surface area (Å²) in [5.74, 6) is 1.57. The summed E-state index contributed by atoms with van der Waals surface area (Å²) in [5.41, 5.74) is 1.64. The van der Waals surface area contributed by atoms with Crippen LogP contribution in [-0.4, -0.2) is 71.9 Å². The zero-order valence-electron chi connectivity index (χ0n) is 34.7. The maximum absolute atomic E-state index is 14.9. The van der Waals surface area contributed by atoms with Crippen molar-refractivity contribution in [3.63, 3.8) is 0 Å². The molecule has 0 unspecified atom stereocenters. The van der Waals surface area contributed by atoms with Gasteiger partial charge in [0, 0.05) is 67.7 Å². The van der Waals surface area contributed by atoms with E-state index >= 15 is 0 Å². The van der Waals surface area contributed by atoms with Crippen molar-refractivity contribution in [2.75, 3.05) is 26.4 Å². The average molecular weight is 841 g/mol. The van der Waals surface area contributed by atoms with E-state index in [4.69, 9.17) is 23.7 Å². The second-order valence-electron chi connectivity index (χ2n) is 17.4. The monoisotopic (exact) mass is 840 g/mol. The Morgan fingerprint density at radius 1 is 0.397 bits per heavy atom. The summed E-state index contributed by atoms with van der Waals surface area (Å²) in [7, 11) is 0. The molecule has 2 fully saturated rings.